The van der Waals surface area contributed by atoms with Gasteiger partial charge in [0, 0.05) is 12.4 Å². The molecule has 1 rings (SSSR count). The minimum absolute atomic E-state index is 0.354. The van der Waals surface area contributed by atoms with Gasteiger partial charge in [0.1, 0.15) is 0 Å². The van der Waals surface area contributed by atoms with Gasteiger partial charge in [-0.2, -0.15) is 0 Å². The molecular weight excluding hydrogens is 218 g/mol. The summed E-state index contributed by atoms with van der Waals surface area (Å²) in [5.74, 6) is 1.29. The van der Waals surface area contributed by atoms with Crippen LogP contribution in [0.25, 0.3) is 0 Å². The third-order valence-corrected chi connectivity index (χ3v) is 2.89. The molecule has 1 aromatic heterocycles. The minimum atomic E-state index is -0.486. The van der Waals surface area contributed by atoms with Gasteiger partial charge in [-0.25, -0.2) is 9.78 Å². The first-order valence-electron chi connectivity index (χ1n) is 5.83. The molecule has 5 heteroatoms. The zero-order chi connectivity index (χ0) is 12.7. The summed E-state index contributed by atoms with van der Waals surface area (Å²) in [5, 5.41) is 2.52. The Bertz CT molecular complexity index is 343. The van der Waals surface area contributed by atoms with Crippen LogP contribution < -0.4 is 5.32 Å². The number of rotatable bonds is 5. The molecule has 0 aliphatic carbocycles. The van der Waals surface area contributed by atoms with Crippen LogP contribution in [0.1, 0.15) is 27.2 Å². The van der Waals surface area contributed by atoms with Crippen molar-refractivity contribution in [2.24, 2.45) is 11.8 Å². The zero-order valence-electron chi connectivity index (χ0n) is 10.5. The fourth-order valence-corrected chi connectivity index (χ4v) is 1.28. The van der Waals surface area contributed by atoms with Gasteiger partial charge in [0.05, 0.1) is 12.8 Å². The van der Waals surface area contributed by atoms with Gasteiger partial charge in [0.25, 0.3) is 0 Å². The first-order chi connectivity index (χ1) is 8.13. The number of nitrogens with zero attached hydrogens (tertiary/aromatic N) is 2. The highest BCUT2D eigenvalue weighted by atomic mass is 16.5. The van der Waals surface area contributed by atoms with Crippen molar-refractivity contribution in [1.29, 1.82) is 0 Å². The van der Waals surface area contributed by atoms with Crippen LogP contribution in [0.3, 0.4) is 0 Å². The largest absolute Gasteiger partial charge is 0.449 e. The average molecular weight is 237 g/mol. The smallest absolute Gasteiger partial charge is 0.412 e. The molecule has 1 N–H and O–H groups in total. The molecule has 0 saturated carbocycles. The number of ether oxygens (including phenoxy) is 1. The molecule has 17 heavy (non-hydrogen) atoms. The van der Waals surface area contributed by atoms with Gasteiger partial charge >= 0.3 is 6.09 Å². The van der Waals surface area contributed by atoms with E-state index in [1.54, 1.807) is 6.20 Å². The maximum Gasteiger partial charge on any atom is 0.412 e. The predicted octanol–water partition coefficient (Wildman–Crippen LogP) is 2.71. The summed E-state index contributed by atoms with van der Waals surface area (Å²) < 4.78 is 5.11. The van der Waals surface area contributed by atoms with Crippen molar-refractivity contribution in [3.8, 4) is 0 Å². The molecule has 1 amide bonds. The Hall–Kier alpha value is -1.65. The monoisotopic (exact) mass is 237 g/mol. The number of hydrogen-bond donors (Lipinski definition) is 1. The Kier molecular flexibility index (Phi) is 5.39. The van der Waals surface area contributed by atoms with E-state index in [1.165, 1.54) is 12.4 Å². The summed E-state index contributed by atoms with van der Waals surface area (Å²) in [6, 6.07) is 0. The highest BCUT2D eigenvalue weighted by Crippen LogP contribution is 2.14. The van der Waals surface area contributed by atoms with Crippen LogP contribution in [0.2, 0.25) is 0 Å². The number of carbonyl (C=O) groups excluding carboxylic acids is 1. The lowest BCUT2D eigenvalue weighted by atomic mass is 9.95. The van der Waals surface area contributed by atoms with Gasteiger partial charge in [-0.15, -0.1) is 0 Å². The van der Waals surface area contributed by atoms with E-state index in [1.807, 2.05) is 0 Å². The van der Waals surface area contributed by atoms with E-state index in [9.17, 15) is 4.79 Å². The van der Waals surface area contributed by atoms with Gasteiger partial charge in [-0.1, -0.05) is 27.2 Å². The molecule has 0 aromatic carbocycles. The van der Waals surface area contributed by atoms with Gasteiger partial charge in [-0.3, -0.25) is 10.3 Å². The molecule has 0 bridgehead atoms. The van der Waals surface area contributed by atoms with Crippen LogP contribution in [-0.2, 0) is 4.74 Å². The lowest BCUT2D eigenvalue weighted by Gasteiger charge is -2.17. The lowest BCUT2D eigenvalue weighted by molar-refractivity contribution is 0.129. The highest BCUT2D eigenvalue weighted by molar-refractivity contribution is 5.82. The number of anilines is 1. The second-order valence-electron chi connectivity index (χ2n) is 4.18. The SMILES string of the molecule is CCC(C)C(C)COC(=O)Nc1cnccn1. The van der Waals surface area contributed by atoms with Crippen molar-refractivity contribution in [1.82, 2.24) is 9.97 Å². The van der Waals surface area contributed by atoms with Crippen LogP contribution in [0.15, 0.2) is 18.6 Å². The van der Waals surface area contributed by atoms with Crippen molar-refractivity contribution in [2.75, 3.05) is 11.9 Å². The molecule has 94 valence electrons. The number of aromatic nitrogens is 2. The Labute approximate surface area is 102 Å². The number of amides is 1. The molecule has 2 atom stereocenters. The molecule has 5 nitrogen and oxygen atoms in total. The normalized spacial score (nSPS) is 13.8. The molecular formula is C12H19N3O2. The van der Waals surface area contributed by atoms with E-state index in [0.717, 1.165) is 6.42 Å². The predicted molar refractivity (Wildman–Crippen MR) is 65.6 cm³/mol. The first kappa shape index (κ1) is 13.4. The third kappa shape index (κ3) is 4.80. The summed E-state index contributed by atoms with van der Waals surface area (Å²) in [6.45, 7) is 6.76. The lowest BCUT2D eigenvalue weighted by Crippen LogP contribution is -2.21. The Morgan fingerprint density at radius 2 is 2.18 bits per heavy atom. The highest BCUT2D eigenvalue weighted by Gasteiger charge is 2.13. The van der Waals surface area contributed by atoms with Crippen molar-refractivity contribution in [2.45, 2.75) is 27.2 Å². The number of hydrogen-bond acceptors (Lipinski definition) is 4. The minimum Gasteiger partial charge on any atom is -0.449 e. The average Bonchev–Trinajstić information content (AvgIpc) is 2.36. The van der Waals surface area contributed by atoms with Gasteiger partial charge in [-0.05, 0) is 11.8 Å². The summed E-state index contributed by atoms with van der Waals surface area (Å²) in [7, 11) is 0. The maximum atomic E-state index is 11.4. The fraction of sp³-hybridized carbons (Fsp3) is 0.583. The van der Waals surface area contributed by atoms with E-state index in [2.05, 4.69) is 36.1 Å². The Balaban J connectivity index is 2.31. The zero-order valence-corrected chi connectivity index (χ0v) is 10.5. The molecule has 0 saturated heterocycles. The van der Waals surface area contributed by atoms with E-state index in [0.29, 0.717) is 24.3 Å². The second kappa shape index (κ2) is 6.83. The molecule has 1 heterocycles. The van der Waals surface area contributed by atoms with Gasteiger partial charge < -0.3 is 4.74 Å². The molecule has 0 radical (unpaired) electrons. The molecule has 0 spiro atoms. The van der Waals surface area contributed by atoms with Crippen LogP contribution in [0.4, 0.5) is 10.6 Å². The van der Waals surface area contributed by atoms with Gasteiger partial charge in [0.2, 0.25) is 0 Å². The van der Waals surface area contributed by atoms with Crippen LogP contribution in [0, 0.1) is 11.8 Å². The van der Waals surface area contributed by atoms with E-state index in [-0.39, 0.29) is 0 Å². The molecule has 0 fully saturated rings. The topological polar surface area (TPSA) is 64.1 Å². The van der Waals surface area contributed by atoms with Crippen LogP contribution in [0.5, 0.6) is 0 Å². The number of carbonyl (C=O) groups is 1. The summed E-state index contributed by atoms with van der Waals surface area (Å²) >= 11 is 0. The quantitative estimate of drug-likeness (QED) is 0.855. The molecule has 0 aliphatic heterocycles. The van der Waals surface area contributed by atoms with Crippen molar-refractivity contribution in [3.63, 3.8) is 0 Å². The van der Waals surface area contributed by atoms with E-state index < -0.39 is 6.09 Å². The standard InChI is InChI=1S/C12H19N3O2/c1-4-9(2)10(3)8-17-12(16)15-11-7-13-5-6-14-11/h5-7,9-10H,4,8H2,1-3H3,(H,14,15,16). The Morgan fingerprint density at radius 3 is 2.76 bits per heavy atom. The second-order valence-corrected chi connectivity index (χ2v) is 4.18. The summed E-state index contributed by atoms with van der Waals surface area (Å²) in [5.41, 5.74) is 0. The van der Waals surface area contributed by atoms with E-state index >= 15 is 0 Å². The number of nitrogens with one attached hydrogen (secondary N) is 1. The fourth-order valence-electron chi connectivity index (χ4n) is 1.28. The van der Waals surface area contributed by atoms with Crippen molar-refractivity contribution in [3.05, 3.63) is 18.6 Å². The molecule has 2 unspecified atom stereocenters. The summed E-state index contributed by atoms with van der Waals surface area (Å²) in [6.07, 6.45) is 5.12. The molecule has 0 aliphatic rings. The van der Waals surface area contributed by atoms with Crippen molar-refractivity contribution < 1.29 is 9.53 Å². The van der Waals surface area contributed by atoms with E-state index in [4.69, 9.17) is 4.74 Å². The first-order valence-corrected chi connectivity index (χ1v) is 5.83. The Morgan fingerprint density at radius 1 is 1.41 bits per heavy atom. The van der Waals surface area contributed by atoms with Gasteiger partial charge in [0.15, 0.2) is 5.82 Å². The van der Waals surface area contributed by atoms with Crippen LogP contribution >= 0.6 is 0 Å². The third-order valence-electron chi connectivity index (χ3n) is 2.89. The van der Waals surface area contributed by atoms with Crippen LogP contribution in [-0.4, -0.2) is 22.7 Å². The molecule has 1 aromatic rings. The maximum absolute atomic E-state index is 11.4. The van der Waals surface area contributed by atoms with Crippen molar-refractivity contribution >= 4 is 11.9 Å². The summed E-state index contributed by atoms with van der Waals surface area (Å²) in [4.78, 5) is 19.2.